The quantitative estimate of drug-likeness (QED) is 0.241. The number of phenolic OH excluding ortho intramolecular Hbond substituents is 1. The molecule has 6 nitrogen and oxygen atoms in total. The van der Waals surface area contributed by atoms with Gasteiger partial charge in [-0.1, -0.05) is 12.1 Å². The number of carbonyl (C=O) groups excluding carboxylic acids is 2. The molecule has 0 bridgehead atoms. The van der Waals surface area contributed by atoms with Crippen LogP contribution in [0.5, 0.6) is 5.75 Å². The van der Waals surface area contributed by atoms with Gasteiger partial charge in [-0.05, 0) is 81.3 Å². The summed E-state index contributed by atoms with van der Waals surface area (Å²) in [5, 5.41) is 19.7. The number of benzene rings is 2. The smallest absolute Gasteiger partial charge is 0.217 e. The van der Waals surface area contributed by atoms with Crippen LogP contribution < -0.4 is 5.73 Å². The van der Waals surface area contributed by atoms with Crippen molar-refractivity contribution >= 4 is 54.5 Å². The Hall–Kier alpha value is -2.16. The number of nitrogens with two attached hydrogens (primary N) is 1. The minimum atomic E-state index is -0.401. The fourth-order valence-electron chi connectivity index (χ4n) is 3.48. The third-order valence-electron chi connectivity index (χ3n) is 5.03. The summed E-state index contributed by atoms with van der Waals surface area (Å²) < 4.78 is 6.86. The summed E-state index contributed by atoms with van der Waals surface area (Å²) in [6, 6.07) is 8.89. The molecule has 0 fully saturated rings. The number of fused-ring (bicyclic) bond motifs is 1. The number of aryl methyl sites for hydroxylation is 2. The number of primary amides is 1. The first-order chi connectivity index (χ1) is 14.8. The zero-order chi connectivity index (χ0) is 22.5. The molecule has 0 unspecified atom stereocenters. The molecule has 2 aromatic carbocycles. The molecular weight excluding hydrogens is 530 g/mol. The Morgan fingerprint density at radius 1 is 1.00 bits per heavy atom. The minimum Gasteiger partial charge on any atom is -0.506 e. The van der Waals surface area contributed by atoms with Crippen molar-refractivity contribution in [3.05, 3.63) is 61.7 Å². The Balaban J connectivity index is 2.03. The molecule has 0 spiro atoms. The summed E-state index contributed by atoms with van der Waals surface area (Å²) in [4.78, 5) is 24.6. The normalized spacial score (nSPS) is 11.2. The van der Waals surface area contributed by atoms with Crippen LogP contribution in [0.2, 0.25) is 0 Å². The van der Waals surface area contributed by atoms with Gasteiger partial charge in [0.25, 0.3) is 0 Å². The molecule has 1 amide bonds. The van der Waals surface area contributed by atoms with E-state index in [1.807, 2.05) is 18.2 Å². The molecule has 0 saturated carbocycles. The summed E-state index contributed by atoms with van der Waals surface area (Å²) in [6.45, 7) is 0.156. The van der Waals surface area contributed by atoms with E-state index in [0.29, 0.717) is 49.6 Å². The Morgan fingerprint density at radius 3 is 2.35 bits per heavy atom. The summed E-state index contributed by atoms with van der Waals surface area (Å²) in [7, 11) is 0. The van der Waals surface area contributed by atoms with Gasteiger partial charge in [-0.3, -0.25) is 9.59 Å². The second-order valence-corrected chi connectivity index (χ2v) is 9.06. The fraction of sp³-hybridized carbons (Fsp3) is 0.304. The van der Waals surface area contributed by atoms with Gasteiger partial charge in [0.05, 0.1) is 14.5 Å². The second kappa shape index (κ2) is 10.4. The van der Waals surface area contributed by atoms with E-state index in [0.717, 1.165) is 24.8 Å². The molecule has 8 heteroatoms. The van der Waals surface area contributed by atoms with Crippen molar-refractivity contribution in [3.63, 3.8) is 0 Å². The molecule has 31 heavy (non-hydrogen) atoms. The third kappa shape index (κ3) is 5.56. The van der Waals surface area contributed by atoms with Gasteiger partial charge in [0.15, 0.2) is 5.78 Å². The van der Waals surface area contributed by atoms with Gasteiger partial charge < -0.3 is 20.4 Å². The number of aliphatic hydroxyl groups is 1. The molecule has 0 aliphatic carbocycles. The van der Waals surface area contributed by atoms with Crippen LogP contribution in [-0.2, 0) is 17.6 Å². The van der Waals surface area contributed by atoms with Crippen molar-refractivity contribution in [3.8, 4) is 5.75 Å². The molecule has 0 radical (unpaired) electrons. The van der Waals surface area contributed by atoms with Crippen LogP contribution in [0.3, 0.4) is 0 Å². The maximum absolute atomic E-state index is 13.4. The highest BCUT2D eigenvalue weighted by molar-refractivity contribution is 9.11. The lowest BCUT2D eigenvalue weighted by Crippen LogP contribution is -2.10. The zero-order valence-electron chi connectivity index (χ0n) is 16.8. The summed E-state index contributed by atoms with van der Waals surface area (Å²) in [5.41, 5.74) is 7.77. The van der Waals surface area contributed by atoms with Crippen LogP contribution >= 0.6 is 31.9 Å². The van der Waals surface area contributed by atoms with Crippen LogP contribution in [0.25, 0.3) is 11.0 Å². The molecule has 3 aromatic rings. The number of rotatable bonds is 10. The Bertz CT molecular complexity index is 1100. The van der Waals surface area contributed by atoms with Crippen molar-refractivity contribution in [1.29, 1.82) is 0 Å². The summed E-state index contributed by atoms with van der Waals surface area (Å²) in [6.07, 6.45) is 3.46. The van der Waals surface area contributed by atoms with Crippen molar-refractivity contribution < 1.29 is 24.2 Å². The largest absolute Gasteiger partial charge is 0.506 e. The van der Waals surface area contributed by atoms with Gasteiger partial charge in [0.2, 0.25) is 5.91 Å². The molecular formula is C23H23Br2NO5. The highest BCUT2D eigenvalue weighted by atomic mass is 79.9. The number of hydrogen-bond acceptors (Lipinski definition) is 5. The van der Waals surface area contributed by atoms with Crippen molar-refractivity contribution in [2.75, 3.05) is 6.61 Å². The SMILES string of the molecule is NC(=O)CCCc1oc2cc(CCCCO)ccc2c1C(=O)c1cc(Br)c(O)c(Br)c1. The minimum absolute atomic E-state index is 0.0165. The third-order valence-corrected chi connectivity index (χ3v) is 6.24. The molecule has 4 N–H and O–H groups in total. The lowest BCUT2D eigenvalue weighted by Gasteiger charge is -2.07. The maximum Gasteiger partial charge on any atom is 0.217 e. The van der Waals surface area contributed by atoms with Crippen LogP contribution in [0.4, 0.5) is 0 Å². The number of amides is 1. The maximum atomic E-state index is 13.4. The molecule has 0 aliphatic heterocycles. The predicted molar refractivity (Wildman–Crippen MR) is 125 cm³/mol. The van der Waals surface area contributed by atoms with Crippen LogP contribution in [-0.4, -0.2) is 28.5 Å². The predicted octanol–water partition coefficient (Wildman–Crippen LogP) is 5.02. The number of halogens is 2. The number of unbranched alkanes of at least 4 members (excludes halogenated alkanes) is 1. The molecule has 1 aromatic heterocycles. The first kappa shape index (κ1) is 23.5. The van der Waals surface area contributed by atoms with E-state index in [1.165, 1.54) is 0 Å². The highest BCUT2D eigenvalue weighted by Gasteiger charge is 2.23. The standard InChI is InChI=1S/C23H23Br2NO5/c24-16-11-14(12-17(25)23(16)30)22(29)21-15-8-7-13(4-1-2-9-27)10-19(15)31-18(21)5-3-6-20(26)28/h7-8,10-12,27,30H,1-6,9H2,(H2,26,28). The average Bonchev–Trinajstić information content (AvgIpc) is 3.08. The molecule has 0 saturated heterocycles. The monoisotopic (exact) mass is 551 g/mol. The van der Waals surface area contributed by atoms with Crippen LogP contribution in [0, 0.1) is 0 Å². The first-order valence-corrected chi connectivity index (χ1v) is 11.6. The van der Waals surface area contributed by atoms with Gasteiger partial charge >= 0.3 is 0 Å². The lowest BCUT2D eigenvalue weighted by atomic mass is 9.97. The molecule has 0 aliphatic rings. The van der Waals surface area contributed by atoms with Gasteiger partial charge in [-0.25, -0.2) is 0 Å². The van der Waals surface area contributed by atoms with E-state index in [-0.39, 0.29) is 24.6 Å². The number of hydrogen-bond donors (Lipinski definition) is 3. The molecule has 0 atom stereocenters. The van der Waals surface area contributed by atoms with E-state index in [9.17, 15) is 14.7 Å². The van der Waals surface area contributed by atoms with E-state index < -0.39 is 5.91 Å². The lowest BCUT2D eigenvalue weighted by molar-refractivity contribution is -0.118. The van der Waals surface area contributed by atoms with Crippen LogP contribution in [0.15, 0.2) is 43.7 Å². The van der Waals surface area contributed by atoms with E-state index >= 15 is 0 Å². The Morgan fingerprint density at radius 2 is 1.71 bits per heavy atom. The number of carbonyl (C=O) groups is 2. The van der Waals surface area contributed by atoms with Gasteiger partial charge in [0, 0.05) is 30.4 Å². The van der Waals surface area contributed by atoms with Crippen molar-refractivity contribution in [1.82, 2.24) is 0 Å². The number of aromatic hydroxyl groups is 1. The average molecular weight is 553 g/mol. The molecule has 3 rings (SSSR count). The van der Waals surface area contributed by atoms with E-state index in [2.05, 4.69) is 31.9 Å². The van der Waals surface area contributed by atoms with Gasteiger partial charge in [0.1, 0.15) is 17.1 Å². The van der Waals surface area contributed by atoms with Crippen molar-refractivity contribution in [2.45, 2.75) is 38.5 Å². The Labute approximate surface area is 196 Å². The number of ketones is 1. The Kier molecular flexibility index (Phi) is 7.91. The van der Waals surface area contributed by atoms with E-state index in [4.69, 9.17) is 15.3 Å². The molecule has 1 heterocycles. The molecule has 164 valence electrons. The van der Waals surface area contributed by atoms with Gasteiger partial charge in [-0.15, -0.1) is 0 Å². The highest BCUT2D eigenvalue weighted by Crippen LogP contribution is 2.36. The van der Waals surface area contributed by atoms with Crippen LogP contribution in [0.1, 0.15) is 52.9 Å². The van der Waals surface area contributed by atoms with Gasteiger partial charge in [-0.2, -0.15) is 0 Å². The number of furan rings is 1. The van der Waals surface area contributed by atoms with E-state index in [1.54, 1.807) is 12.1 Å². The van der Waals surface area contributed by atoms with Crippen molar-refractivity contribution in [2.24, 2.45) is 5.73 Å². The summed E-state index contributed by atoms with van der Waals surface area (Å²) in [5.74, 6) is -0.110. The number of phenols is 1. The summed E-state index contributed by atoms with van der Waals surface area (Å²) >= 11 is 6.54. The second-order valence-electron chi connectivity index (χ2n) is 7.35. The topological polar surface area (TPSA) is 114 Å². The number of aliphatic hydroxyl groups excluding tert-OH is 1. The zero-order valence-corrected chi connectivity index (χ0v) is 20.0. The first-order valence-electron chi connectivity index (χ1n) is 9.98. The fourth-order valence-corrected chi connectivity index (χ4v) is 4.66.